The highest BCUT2D eigenvalue weighted by Crippen LogP contribution is 2.41. The van der Waals surface area contributed by atoms with Gasteiger partial charge in [-0.15, -0.1) is 0 Å². The molecule has 4 aliphatic heterocycles. The van der Waals surface area contributed by atoms with Crippen molar-refractivity contribution >= 4 is 26.7 Å². The fourth-order valence-electron chi connectivity index (χ4n) is 8.17. The maximum Gasteiger partial charge on any atom is 0.340 e. The van der Waals surface area contributed by atoms with Crippen LogP contribution in [0.2, 0.25) is 0 Å². The van der Waals surface area contributed by atoms with Crippen molar-refractivity contribution in [2.45, 2.75) is 95.3 Å². The van der Waals surface area contributed by atoms with E-state index < -0.39 is 10.1 Å². The Morgan fingerprint density at radius 2 is 1.79 bits per heavy atom. The van der Waals surface area contributed by atoms with Gasteiger partial charge in [0.15, 0.2) is 6.23 Å². The van der Waals surface area contributed by atoms with E-state index >= 15 is 0 Å². The second-order valence-electron chi connectivity index (χ2n) is 14.0. The minimum atomic E-state index is -4.13. The molecule has 2 aromatic heterocycles. The lowest BCUT2D eigenvalue weighted by molar-refractivity contribution is -0.0366. The molecule has 0 spiro atoms. The number of rotatable bonds is 8. The second kappa shape index (κ2) is 12.3. The number of aryl methyl sites for hydroxylation is 2. The van der Waals surface area contributed by atoms with E-state index in [1.165, 1.54) is 11.1 Å². The molecule has 4 aromatic rings. The summed E-state index contributed by atoms with van der Waals surface area (Å²) < 4.78 is 47.4. The molecule has 0 N–H and O–H groups in total. The summed E-state index contributed by atoms with van der Waals surface area (Å²) in [7, 11) is -4.13. The Labute approximate surface area is 282 Å². The molecule has 0 radical (unpaired) electrons. The van der Waals surface area contributed by atoms with E-state index in [1.54, 1.807) is 24.3 Å². The number of hydrogen-bond acceptors (Lipinski definition) is 10. The predicted octanol–water partition coefficient (Wildman–Crippen LogP) is 5.79. The van der Waals surface area contributed by atoms with Crippen LogP contribution in [0.1, 0.15) is 79.1 Å². The van der Waals surface area contributed by atoms with E-state index in [-0.39, 0.29) is 28.6 Å². The van der Waals surface area contributed by atoms with E-state index in [9.17, 15) is 8.42 Å². The molecule has 6 heterocycles. The highest BCUT2D eigenvalue weighted by Gasteiger charge is 2.45. The summed E-state index contributed by atoms with van der Waals surface area (Å²) in [5.74, 6) is 0.0517. The maximum atomic E-state index is 13.5. The fraction of sp³-hybridized carbons (Fsp3) is 0.528. The smallest absolute Gasteiger partial charge is 0.340 e. The molecule has 1 atom stereocenters. The first-order valence-electron chi connectivity index (χ1n) is 17.3. The maximum absolute atomic E-state index is 13.5. The molecule has 0 aliphatic carbocycles. The van der Waals surface area contributed by atoms with Gasteiger partial charge < -0.3 is 18.6 Å². The number of benzene rings is 2. The summed E-state index contributed by atoms with van der Waals surface area (Å²) in [6, 6.07) is 9.03. The topological polar surface area (TPSA) is 112 Å². The molecule has 12 heteroatoms. The molecule has 48 heavy (non-hydrogen) atoms. The summed E-state index contributed by atoms with van der Waals surface area (Å²) in [5, 5.41) is 5.89. The molecule has 0 bridgehead atoms. The molecule has 3 fully saturated rings. The first kappa shape index (κ1) is 31.5. The first-order valence-corrected chi connectivity index (χ1v) is 18.7. The average molecular weight is 673 g/mol. The van der Waals surface area contributed by atoms with Crippen molar-refractivity contribution < 1.29 is 22.1 Å². The summed E-state index contributed by atoms with van der Waals surface area (Å²) in [4.78, 5) is 14.5. The zero-order valence-corrected chi connectivity index (χ0v) is 28.9. The molecule has 2 aromatic carbocycles. The molecule has 0 saturated carbocycles. The Morgan fingerprint density at radius 1 is 1.00 bits per heavy atom. The lowest BCUT2D eigenvalue weighted by atomic mass is 9.95. The van der Waals surface area contributed by atoms with E-state index in [2.05, 4.69) is 34.7 Å². The molecule has 254 valence electrons. The van der Waals surface area contributed by atoms with Crippen LogP contribution in [0.15, 0.2) is 41.4 Å². The molecular weight excluding hydrogens is 629 g/mol. The van der Waals surface area contributed by atoms with E-state index in [1.807, 2.05) is 17.8 Å². The Hall–Kier alpha value is -3.74. The lowest BCUT2D eigenvalue weighted by Gasteiger charge is -2.33. The van der Waals surface area contributed by atoms with Crippen LogP contribution in [0, 0.1) is 20.8 Å². The van der Waals surface area contributed by atoms with Crippen molar-refractivity contribution in [2.24, 2.45) is 0 Å². The largest absolute Gasteiger partial charge is 0.461 e. The first-order chi connectivity index (χ1) is 23.2. The Bertz CT molecular complexity index is 1940. The molecule has 11 nitrogen and oxygen atoms in total. The van der Waals surface area contributed by atoms with Crippen molar-refractivity contribution in [1.82, 2.24) is 24.6 Å². The average Bonchev–Trinajstić information content (AvgIpc) is 3.79. The van der Waals surface area contributed by atoms with Crippen molar-refractivity contribution in [2.75, 3.05) is 37.7 Å². The van der Waals surface area contributed by atoms with Gasteiger partial charge in [0, 0.05) is 24.1 Å². The van der Waals surface area contributed by atoms with Crippen molar-refractivity contribution in [3.05, 3.63) is 64.5 Å². The van der Waals surface area contributed by atoms with Gasteiger partial charge in [-0.25, -0.2) is 4.68 Å². The molecular formula is C36H44N6O5S. The minimum absolute atomic E-state index is 0.00716. The molecule has 1 unspecified atom stereocenters. The standard InChI is InChI=1S/C36H44N6O5S/c1-24-9-11-27(12-10-24)48(43,44)47-34-28-13-18-40(22-30(28)38-35(39-34)46-23-36-14-6-16-41(36)17-7-15-36)33-26(3)25(2)20-31-29(33)21-37-42(31)32-8-4-5-19-45-32/h9-12,20-21,32H,4-8,13-19,22-23H2,1-3H3. The number of ether oxygens (including phenoxy) is 2. The predicted molar refractivity (Wildman–Crippen MR) is 182 cm³/mol. The zero-order valence-electron chi connectivity index (χ0n) is 28.1. The van der Waals surface area contributed by atoms with Crippen LogP contribution in [0.4, 0.5) is 5.69 Å². The summed E-state index contributed by atoms with van der Waals surface area (Å²) in [5.41, 5.74) is 6.90. The molecule has 8 rings (SSSR count). The third kappa shape index (κ3) is 5.61. The Balaban J connectivity index is 1.15. The molecule has 4 aliphatic rings. The monoisotopic (exact) mass is 672 g/mol. The normalized spacial score (nSPS) is 21.0. The molecule has 0 amide bonds. The van der Waals surface area contributed by atoms with Crippen molar-refractivity contribution in [3.8, 4) is 11.9 Å². The van der Waals surface area contributed by atoms with Gasteiger partial charge in [0.1, 0.15) is 11.5 Å². The second-order valence-corrected chi connectivity index (χ2v) is 15.5. The number of fused-ring (bicyclic) bond motifs is 3. The number of aromatic nitrogens is 4. The SMILES string of the molecule is Cc1ccc(S(=O)(=O)Oc2nc(OCC34CCCN3CCC4)nc3c2CCN(c2c(C)c(C)cc4c2cnn4C2CCCCO2)C3)cc1. The minimum Gasteiger partial charge on any atom is -0.461 e. The van der Waals surface area contributed by atoms with Crippen LogP contribution in [-0.4, -0.2) is 71.5 Å². The van der Waals surface area contributed by atoms with Gasteiger partial charge >= 0.3 is 16.1 Å². The van der Waals surface area contributed by atoms with Crippen LogP contribution in [0.25, 0.3) is 10.9 Å². The van der Waals surface area contributed by atoms with Crippen LogP contribution in [0.5, 0.6) is 11.9 Å². The van der Waals surface area contributed by atoms with E-state index in [0.717, 1.165) is 86.8 Å². The number of nitrogens with zero attached hydrogens (tertiary/aromatic N) is 6. The highest BCUT2D eigenvalue weighted by atomic mass is 32.2. The summed E-state index contributed by atoms with van der Waals surface area (Å²) in [6.45, 7) is 10.7. The summed E-state index contributed by atoms with van der Waals surface area (Å²) in [6.07, 6.45) is 10.0. The fourth-order valence-corrected chi connectivity index (χ4v) is 9.08. The van der Waals surface area contributed by atoms with E-state index in [0.29, 0.717) is 37.4 Å². The van der Waals surface area contributed by atoms with Crippen molar-refractivity contribution in [1.29, 1.82) is 0 Å². The van der Waals surface area contributed by atoms with Crippen LogP contribution in [-0.2, 0) is 27.8 Å². The van der Waals surface area contributed by atoms with Gasteiger partial charge in [-0.1, -0.05) is 17.7 Å². The molecule has 3 saturated heterocycles. The van der Waals surface area contributed by atoms with Gasteiger partial charge in [0.05, 0.1) is 35.2 Å². The third-order valence-electron chi connectivity index (χ3n) is 10.9. The van der Waals surface area contributed by atoms with Gasteiger partial charge in [0.25, 0.3) is 0 Å². The van der Waals surface area contributed by atoms with Crippen LogP contribution < -0.4 is 13.8 Å². The van der Waals surface area contributed by atoms with Gasteiger partial charge in [-0.05, 0) is 115 Å². The summed E-state index contributed by atoms with van der Waals surface area (Å²) >= 11 is 0. The van der Waals surface area contributed by atoms with E-state index in [4.69, 9.17) is 23.7 Å². The van der Waals surface area contributed by atoms with Crippen LogP contribution in [0.3, 0.4) is 0 Å². The number of hydrogen-bond donors (Lipinski definition) is 0. The quantitative estimate of drug-likeness (QED) is 0.213. The van der Waals surface area contributed by atoms with Gasteiger partial charge in [0.2, 0.25) is 5.88 Å². The number of anilines is 1. The van der Waals surface area contributed by atoms with Crippen molar-refractivity contribution in [3.63, 3.8) is 0 Å². The van der Waals surface area contributed by atoms with Gasteiger partial charge in [-0.2, -0.15) is 23.5 Å². The third-order valence-corrected chi connectivity index (χ3v) is 12.1. The Kier molecular flexibility index (Phi) is 8.08. The van der Waals surface area contributed by atoms with Gasteiger partial charge in [-0.3, -0.25) is 4.90 Å². The lowest BCUT2D eigenvalue weighted by Crippen LogP contribution is -2.43. The zero-order chi connectivity index (χ0) is 33.0. The Morgan fingerprint density at radius 3 is 2.54 bits per heavy atom. The van der Waals surface area contributed by atoms with Crippen LogP contribution >= 0.6 is 0 Å². The highest BCUT2D eigenvalue weighted by molar-refractivity contribution is 7.87.